The minimum Gasteiger partial charge on any atom is -0.349 e. The van der Waals surface area contributed by atoms with Crippen LogP contribution in [-0.2, 0) is 4.79 Å². The number of amides is 2. The number of aromatic nitrogens is 2. The van der Waals surface area contributed by atoms with E-state index < -0.39 is 0 Å². The maximum Gasteiger partial charge on any atom is 0.251 e. The second kappa shape index (κ2) is 10.2. The molecule has 2 fully saturated rings. The van der Waals surface area contributed by atoms with E-state index in [0.29, 0.717) is 29.7 Å². The van der Waals surface area contributed by atoms with Crippen LogP contribution >= 0.6 is 0 Å². The van der Waals surface area contributed by atoms with E-state index in [9.17, 15) is 9.59 Å². The standard InChI is InChI=1S/C26H35N7O2/c1-17-15-23(34)30-22-16-27-26(31-24(22)33(17)21-5-3-4-6-21)29-19-9-7-18(8-10-19)25(35)28-20-11-13-32(2)14-12-20/h7-10,16-17,20-21H,3-6,11-15H2,1-2H3,(H,28,35)(H,30,34)(H,27,29,31). The second-order valence-electron chi connectivity index (χ2n) is 10.1. The van der Waals surface area contributed by atoms with E-state index >= 15 is 0 Å². The highest BCUT2D eigenvalue weighted by Crippen LogP contribution is 2.36. The third-order valence-corrected chi connectivity index (χ3v) is 7.42. The first kappa shape index (κ1) is 23.5. The smallest absolute Gasteiger partial charge is 0.251 e. The molecule has 3 heterocycles. The number of nitrogens with one attached hydrogen (secondary N) is 3. The van der Waals surface area contributed by atoms with Gasteiger partial charge in [0.2, 0.25) is 11.9 Å². The summed E-state index contributed by atoms with van der Waals surface area (Å²) < 4.78 is 0. The molecule has 9 nitrogen and oxygen atoms in total. The van der Waals surface area contributed by atoms with Crippen LogP contribution in [0.15, 0.2) is 30.5 Å². The van der Waals surface area contributed by atoms with E-state index in [1.54, 1.807) is 6.20 Å². The Balaban J connectivity index is 1.29. The number of fused-ring (bicyclic) bond motifs is 1. The van der Waals surface area contributed by atoms with Crippen LogP contribution in [0.3, 0.4) is 0 Å². The van der Waals surface area contributed by atoms with Gasteiger partial charge in [-0.3, -0.25) is 9.59 Å². The summed E-state index contributed by atoms with van der Waals surface area (Å²) >= 11 is 0. The van der Waals surface area contributed by atoms with Crippen molar-refractivity contribution in [2.75, 3.05) is 35.7 Å². The van der Waals surface area contributed by atoms with Crippen LogP contribution in [-0.4, -0.2) is 64.9 Å². The molecule has 2 aromatic rings. The molecule has 1 atom stereocenters. The van der Waals surface area contributed by atoms with Crippen LogP contribution in [0.2, 0.25) is 0 Å². The molecule has 0 spiro atoms. The lowest BCUT2D eigenvalue weighted by molar-refractivity contribution is -0.116. The molecule has 9 heteroatoms. The van der Waals surface area contributed by atoms with E-state index in [0.717, 1.165) is 50.3 Å². The van der Waals surface area contributed by atoms with Crippen molar-refractivity contribution in [2.45, 2.75) is 70.0 Å². The molecule has 1 saturated carbocycles. The SMILES string of the molecule is CC1CC(=O)Nc2cnc(Nc3ccc(C(=O)NC4CCN(C)CC4)cc3)nc2N1C1CCCC1. The maximum absolute atomic E-state index is 12.7. The fourth-order valence-corrected chi connectivity index (χ4v) is 5.47. The van der Waals surface area contributed by atoms with Gasteiger partial charge in [-0.05, 0) is 77.0 Å². The zero-order chi connectivity index (χ0) is 24.4. The number of hydrogen-bond acceptors (Lipinski definition) is 7. The number of rotatable bonds is 5. The van der Waals surface area contributed by atoms with Crippen molar-refractivity contribution in [2.24, 2.45) is 0 Å². The van der Waals surface area contributed by atoms with E-state index in [4.69, 9.17) is 4.98 Å². The third kappa shape index (κ3) is 5.40. The minimum atomic E-state index is -0.0377. The number of nitrogens with zero attached hydrogens (tertiary/aromatic N) is 4. The van der Waals surface area contributed by atoms with Crippen LogP contribution < -0.4 is 20.9 Å². The molecule has 1 saturated heterocycles. The molecule has 1 aromatic carbocycles. The molecule has 1 unspecified atom stereocenters. The lowest BCUT2D eigenvalue weighted by Crippen LogP contribution is -2.43. The van der Waals surface area contributed by atoms with Gasteiger partial charge in [-0.1, -0.05) is 12.8 Å². The number of benzene rings is 1. The number of hydrogen-bond donors (Lipinski definition) is 3. The van der Waals surface area contributed by atoms with Crippen molar-refractivity contribution in [3.63, 3.8) is 0 Å². The zero-order valence-electron chi connectivity index (χ0n) is 20.6. The largest absolute Gasteiger partial charge is 0.349 e. The summed E-state index contributed by atoms with van der Waals surface area (Å²) in [6.45, 7) is 4.11. The molecule has 1 aliphatic carbocycles. The zero-order valence-corrected chi connectivity index (χ0v) is 20.6. The van der Waals surface area contributed by atoms with Crippen molar-refractivity contribution < 1.29 is 9.59 Å². The number of anilines is 4. The van der Waals surface area contributed by atoms with Crippen molar-refractivity contribution in [1.82, 2.24) is 20.2 Å². The van der Waals surface area contributed by atoms with Crippen molar-refractivity contribution in [3.8, 4) is 0 Å². The lowest BCUT2D eigenvalue weighted by Gasteiger charge is -2.34. The summed E-state index contributed by atoms with van der Waals surface area (Å²) in [6.07, 6.45) is 8.74. The molecule has 3 aliphatic rings. The number of likely N-dealkylation sites (tertiary alicyclic amines) is 1. The van der Waals surface area contributed by atoms with Crippen LogP contribution in [0.4, 0.5) is 23.1 Å². The second-order valence-corrected chi connectivity index (χ2v) is 10.1. The Morgan fingerprint density at radius 3 is 2.51 bits per heavy atom. The Morgan fingerprint density at radius 1 is 1.09 bits per heavy atom. The highest BCUT2D eigenvalue weighted by Gasteiger charge is 2.33. The molecule has 1 aromatic heterocycles. The van der Waals surface area contributed by atoms with Crippen molar-refractivity contribution >= 4 is 35.0 Å². The highest BCUT2D eigenvalue weighted by molar-refractivity contribution is 5.96. The molecule has 5 rings (SSSR count). The Hall–Kier alpha value is -3.20. The van der Waals surface area contributed by atoms with Gasteiger partial charge in [0.05, 0.1) is 6.20 Å². The molecular weight excluding hydrogens is 442 g/mol. The van der Waals surface area contributed by atoms with Gasteiger partial charge in [0.25, 0.3) is 5.91 Å². The van der Waals surface area contributed by atoms with Gasteiger partial charge in [0.1, 0.15) is 5.69 Å². The molecule has 186 valence electrons. The number of carbonyl (C=O) groups excluding carboxylic acids is 2. The van der Waals surface area contributed by atoms with Gasteiger partial charge in [0, 0.05) is 35.8 Å². The Bertz CT molecular complexity index is 1060. The van der Waals surface area contributed by atoms with Gasteiger partial charge >= 0.3 is 0 Å². The summed E-state index contributed by atoms with van der Waals surface area (Å²) in [5, 5.41) is 9.39. The summed E-state index contributed by atoms with van der Waals surface area (Å²) in [4.78, 5) is 38.9. The van der Waals surface area contributed by atoms with Crippen molar-refractivity contribution in [3.05, 3.63) is 36.0 Å². The Kier molecular flexibility index (Phi) is 6.86. The normalized spacial score (nSPS) is 21.8. The lowest BCUT2D eigenvalue weighted by atomic mass is 10.0. The van der Waals surface area contributed by atoms with Crippen LogP contribution in [0, 0.1) is 0 Å². The fourth-order valence-electron chi connectivity index (χ4n) is 5.47. The molecule has 2 amide bonds. The van der Waals surface area contributed by atoms with Gasteiger partial charge in [-0.15, -0.1) is 0 Å². The van der Waals surface area contributed by atoms with E-state index in [-0.39, 0.29) is 23.9 Å². The molecule has 35 heavy (non-hydrogen) atoms. The van der Waals surface area contributed by atoms with Crippen molar-refractivity contribution in [1.29, 1.82) is 0 Å². The molecular formula is C26H35N7O2. The van der Waals surface area contributed by atoms with Crippen LogP contribution in [0.1, 0.15) is 62.2 Å². The summed E-state index contributed by atoms with van der Waals surface area (Å²) in [5.74, 6) is 1.21. The van der Waals surface area contributed by atoms with E-state index in [2.05, 4.69) is 44.7 Å². The van der Waals surface area contributed by atoms with Crippen LogP contribution in [0.5, 0.6) is 0 Å². The van der Waals surface area contributed by atoms with Gasteiger partial charge in [-0.2, -0.15) is 4.98 Å². The number of piperidine rings is 1. The first-order valence-electron chi connectivity index (χ1n) is 12.8. The average Bonchev–Trinajstić information content (AvgIpc) is 3.33. The molecule has 3 N–H and O–H groups in total. The van der Waals surface area contributed by atoms with Crippen LogP contribution in [0.25, 0.3) is 0 Å². The Morgan fingerprint density at radius 2 is 1.80 bits per heavy atom. The maximum atomic E-state index is 12.7. The molecule has 2 aliphatic heterocycles. The fraction of sp³-hybridized carbons (Fsp3) is 0.538. The summed E-state index contributed by atoms with van der Waals surface area (Å²) in [7, 11) is 2.11. The minimum absolute atomic E-state index is 0.00216. The summed E-state index contributed by atoms with van der Waals surface area (Å²) in [6, 6.07) is 8.09. The van der Waals surface area contributed by atoms with Gasteiger partial charge in [0.15, 0.2) is 5.82 Å². The highest BCUT2D eigenvalue weighted by atomic mass is 16.2. The monoisotopic (exact) mass is 477 g/mol. The van der Waals surface area contributed by atoms with Gasteiger partial charge < -0.3 is 25.8 Å². The Labute approximate surface area is 206 Å². The predicted octanol–water partition coefficient (Wildman–Crippen LogP) is 3.52. The molecule has 0 radical (unpaired) electrons. The predicted molar refractivity (Wildman–Crippen MR) is 137 cm³/mol. The first-order chi connectivity index (χ1) is 17.0. The quantitative estimate of drug-likeness (QED) is 0.605. The van der Waals surface area contributed by atoms with E-state index in [1.807, 2.05) is 24.3 Å². The first-order valence-corrected chi connectivity index (χ1v) is 12.8. The average molecular weight is 478 g/mol. The third-order valence-electron chi connectivity index (χ3n) is 7.42. The van der Waals surface area contributed by atoms with E-state index in [1.165, 1.54) is 12.8 Å². The topological polar surface area (TPSA) is 102 Å². The van der Waals surface area contributed by atoms with Gasteiger partial charge in [-0.25, -0.2) is 4.98 Å². The molecule has 0 bridgehead atoms. The summed E-state index contributed by atoms with van der Waals surface area (Å²) in [5.41, 5.74) is 2.11. The number of carbonyl (C=O) groups is 2.